The molecule has 1 saturated carbocycles. The minimum absolute atomic E-state index is 0.254. The Bertz CT molecular complexity index is 787. The van der Waals surface area contributed by atoms with E-state index in [-0.39, 0.29) is 11.8 Å². The highest BCUT2D eigenvalue weighted by atomic mass is 16.2. The van der Waals surface area contributed by atoms with Crippen molar-refractivity contribution in [2.75, 3.05) is 6.54 Å². The number of urea groups is 1. The third-order valence-electron chi connectivity index (χ3n) is 6.65. The minimum atomic E-state index is -1.02. The normalized spacial score (nSPS) is 26.1. The largest absolute Gasteiger partial charge is 0.354 e. The van der Waals surface area contributed by atoms with Crippen LogP contribution in [0.25, 0.3) is 0 Å². The molecule has 2 atom stereocenters. The van der Waals surface area contributed by atoms with Gasteiger partial charge >= 0.3 is 6.03 Å². The van der Waals surface area contributed by atoms with E-state index >= 15 is 0 Å². The van der Waals surface area contributed by atoms with E-state index in [0.717, 1.165) is 41.7 Å². The van der Waals surface area contributed by atoms with E-state index < -0.39 is 17.6 Å². The van der Waals surface area contributed by atoms with Gasteiger partial charge in [0.15, 0.2) is 0 Å². The average Bonchev–Trinajstić information content (AvgIpc) is 2.97. The summed E-state index contributed by atoms with van der Waals surface area (Å²) in [6.45, 7) is 2.27. The van der Waals surface area contributed by atoms with E-state index in [1.165, 1.54) is 19.3 Å². The first-order valence-electron chi connectivity index (χ1n) is 10.5. The quantitative estimate of drug-likeness (QED) is 0.785. The number of imide groups is 1. The Hall–Kier alpha value is -2.37. The van der Waals surface area contributed by atoms with Crippen LogP contribution in [0.1, 0.15) is 63.0 Å². The molecule has 1 aromatic rings. The van der Waals surface area contributed by atoms with Crippen molar-refractivity contribution in [2.24, 2.45) is 5.92 Å². The molecule has 1 heterocycles. The van der Waals surface area contributed by atoms with Crippen LogP contribution in [0.4, 0.5) is 4.79 Å². The lowest BCUT2D eigenvalue weighted by Crippen LogP contribution is -2.51. The highest BCUT2D eigenvalue weighted by molar-refractivity contribution is 6.10. The van der Waals surface area contributed by atoms with Gasteiger partial charge in [0.2, 0.25) is 5.91 Å². The second-order valence-electron chi connectivity index (χ2n) is 8.45. The second-order valence-corrected chi connectivity index (χ2v) is 8.45. The number of nitrogens with zero attached hydrogens (tertiary/aromatic N) is 1. The van der Waals surface area contributed by atoms with Crippen molar-refractivity contribution < 1.29 is 14.4 Å². The third kappa shape index (κ3) is 3.19. The summed E-state index contributed by atoms with van der Waals surface area (Å²) in [6, 6.07) is 6.50. The molecular weight excluding hydrogens is 354 g/mol. The van der Waals surface area contributed by atoms with E-state index in [4.69, 9.17) is 0 Å². The highest BCUT2D eigenvalue weighted by Crippen LogP contribution is 2.40. The van der Waals surface area contributed by atoms with Crippen molar-refractivity contribution >= 4 is 17.8 Å². The zero-order chi connectivity index (χ0) is 19.7. The molecule has 4 rings (SSSR count). The van der Waals surface area contributed by atoms with E-state index in [1.807, 2.05) is 24.3 Å². The molecule has 0 unspecified atom stereocenters. The van der Waals surface area contributed by atoms with Gasteiger partial charge in [0, 0.05) is 6.54 Å². The maximum absolute atomic E-state index is 13.4. The van der Waals surface area contributed by atoms with Gasteiger partial charge in [0.1, 0.15) is 11.6 Å². The van der Waals surface area contributed by atoms with Crippen molar-refractivity contribution in [2.45, 2.75) is 69.9 Å². The summed E-state index contributed by atoms with van der Waals surface area (Å²) in [4.78, 5) is 39.9. The minimum Gasteiger partial charge on any atom is -0.354 e. The fraction of sp³-hybridized carbons (Fsp3) is 0.591. The fourth-order valence-electron chi connectivity index (χ4n) is 5.03. The molecule has 1 aromatic carbocycles. The first-order valence-corrected chi connectivity index (χ1v) is 10.5. The SMILES string of the molecule is C[C@@H](C(=O)NCC1CCCCC1)N1C(=O)N[C@@]2(CCCc3ccccc32)C1=O. The molecule has 4 amide bonds. The number of fused-ring (bicyclic) bond motifs is 2. The Balaban J connectivity index is 1.49. The number of hydrogen-bond donors (Lipinski definition) is 2. The molecule has 150 valence electrons. The first-order chi connectivity index (χ1) is 13.5. The van der Waals surface area contributed by atoms with Gasteiger partial charge in [-0.15, -0.1) is 0 Å². The maximum atomic E-state index is 13.4. The predicted octanol–water partition coefficient (Wildman–Crippen LogP) is 2.86. The summed E-state index contributed by atoms with van der Waals surface area (Å²) in [6.07, 6.45) is 8.28. The zero-order valence-corrected chi connectivity index (χ0v) is 16.5. The third-order valence-corrected chi connectivity index (χ3v) is 6.65. The van der Waals surface area contributed by atoms with Crippen LogP contribution in [0.15, 0.2) is 24.3 Å². The number of carbonyl (C=O) groups excluding carboxylic acids is 3. The van der Waals surface area contributed by atoms with E-state index in [1.54, 1.807) is 6.92 Å². The second kappa shape index (κ2) is 7.57. The van der Waals surface area contributed by atoms with Crippen LogP contribution in [-0.4, -0.2) is 35.3 Å². The zero-order valence-electron chi connectivity index (χ0n) is 16.5. The van der Waals surface area contributed by atoms with Crippen LogP contribution in [0.3, 0.4) is 0 Å². The Kier molecular flexibility index (Phi) is 5.13. The predicted molar refractivity (Wildman–Crippen MR) is 105 cm³/mol. The Labute approximate surface area is 166 Å². The van der Waals surface area contributed by atoms with Gasteiger partial charge in [-0.2, -0.15) is 0 Å². The van der Waals surface area contributed by atoms with Crippen LogP contribution in [0.5, 0.6) is 0 Å². The molecule has 1 saturated heterocycles. The topological polar surface area (TPSA) is 78.5 Å². The number of nitrogens with one attached hydrogen (secondary N) is 2. The molecule has 2 fully saturated rings. The fourth-order valence-corrected chi connectivity index (χ4v) is 5.03. The van der Waals surface area contributed by atoms with Crippen molar-refractivity contribution in [3.05, 3.63) is 35.4 Å². The van der Waals surface area contributed by atoms with Gasteiger partial charge in [-0.25, -0.2) is 9.69 Å². The summed E-state index contributed by atoms with van der Waals surface area (Å²) in [7, 11) is 0. The molecular formula is C22H29N3O3. The van der Waals surface area contributed by atoms with E-state index in [9.17, 15) is 14.4 Å². The van der Waals surface area contributed by atoms with Gasteiger partial charge in [-0.1, -0.05) is 43.5 Å². The van der Waals surface area contributed by atoms with Gasteiger partial charge in [-0.3, -0.25) is 9.59 Å². The van der Waals surface area contributed by atoms with Crippen LogP contribution in [0.2, 0.25) is 0 Å². The van der Waals surface area contributed by atoms with Crippen molar-refractivity contribution in [3.8, 4) is 0 Å². The lowest BCUT2D eigenvalue weighted by atomic mass is 9.76. The van der Waals surface area contributed by atoms with E-state index in [0.29, 0.717) is 18.9 Å². The average molecular weight is 383 g/mol. The number of benzene rings is 1. The van der Waals surface area contributed by atoms with Gasteiger partial charge in [0.05, 0.1) is 0 Å². The Morgan fingerprint density at radius 1 is 1.21 bits per heavy atom. The first kappa shape index (κ1) is 19.0. The smallest absolute Gasteiger partial charge is 0.326 e. The van der Waals surface area contributed by atoms with E-state index in [2.05, 4.69) is 10.6 Å². The summed E-state index contributed by atoms with van der Waals surface area (Å²) < 4.78 is 0. The number of amides is 4. The molecule has 1 aliphatic heterocycles. The molecule has 2 N–H and O–H groups in total. The molecule has 3 aliphatic rings. The Morgan fingerprint density at radius 3 is 2.75 bits per heavy atom. The molecule has 6 heteroatoms. The number of hydrogen-bond acceptors (Lipinski definition) is 3. The van der Waals surface area contributed by atoms with Crippen molar-refractivity contribution in [1.82, 2.24) is 15.5 Å². The molecule has 0 bridgehead atoms. The lowest BCUT2D eigenvalue weighted by Gasteiger charge is -2.33. The van der Waals surface area contributed by atoms with Gasteiger partial charge in [-0.05, 0) is 56.1 Å². The summed E-state index contributed by atoms with van der Waals surface area (Å²) >= 11 is 0. The molecule has 0 aromatic heterocycles. The number of aryl methyl sites for hydroxylation is 1. The molecule has 28 heavy (non-hydrogen) atoms. The van der Waals surface area contributed by atoms with Crippen molar-refractivity contribution in [3.63, 3.8) is 0 Å². The molecule has 6 nitrogen and oxygen atoms in total. The van der Waals surface area contributed by atoms with Crippen LogP contribution in [0, 0.1) is 5.92 Å². The monoisotopic (exact) mass is 383 g/mol. The summed E-state index contributed by atoms with van der Waals surface area (Å²) in [5, 5.41) is 5.89. The standard InChI is InChI=1S/C22H29N3O3/c1-15(19(26)23-14-16-8-3-2-4-9-16)25-20(27)22(24-21(25)28)13-7-11-17-10-5-6-12-18(17)22/h5-6,10,12,15-16H,2-4,7-9,11,13-14H2,1H3,(H,23,26)(H,24,28)/t15-,22+/m0/s1. The summed E-state index contributed by atoms with van der Waals surface area (Å²) in [5.74, 6) is -0.0512. The summed E-state index contributed by atoms with van der Waals surface area (Å²) in [5.41, 5.74) is 0.944. The number of rotatable bonds is 4. The van der Waals surface area contributed by atoms with Gasteiger partial charge in [0.25, 0.3) is 5.91 Å². The van der Waals surface area contributed by atoms with Crippen LogP contribution < -0.4 is 10.6 Å². The Morgan fingerprint density at radius 2 is 1.96 bits per heavy atom. The molecule has 2 aliphatic carbocycles. The molecule has 0 radical (unpaired) electrons. The maximum Gasteiger partial charge on any atom is 0.326 e. The van der Waals surface area contributed by atoms with Crippen molar-refractivity contribution in [1.29, 1.82) is 0 Å². The van der Waals surface area contributed by atoms with Crippen LogP contribution >= 0.6 is 0 Å². The van der Waals surface area contributed by atoms with Crippen LogP contribution in [-0.2, 0) is 21.5 Å². The molecule has 1 spiro atoms. The lowest BCUT2D eigenvalue weighted by molar-refractivity contribution is -0.138. The number of carbonyl (C=O) groups is 3. The highest BCUT2D eigenvalue weighted by Gasteiger charge is 2.55. The van der Waals surface area contributed by atoms with Gasteiger partial charge < -0.3 is 10.6 Å².